The van der Waals surface area contributed by atoms with Crippen LogP contribution in [0, 0.1) is 5.92 Å². The minimum Gasteiger partial charge on any atom is -0.329 e. The molecular formula is C20H29F3N2S. The van der Waals surface area contributed by atoms with Gasteiger partial charge in [0.2, 0.25) is 0 Å². The van der Waals surface area contributed by atoms with Gasteiger partial charge in [-0.15, -0.1) is 0 Å². The summed E-state index contributed by atoms with van der Waals surface area (Å²) in [5.41, 5.74) is 1.32. The van der Waals surface area contributed by atoms with Crippen LogP contribution in [-0.4, -0.2) is 24.0 Å². The van der Waals surface area contributed by atoms with Crippen molar-refractivity contribution >= 4 is 11.9 Å². The summed E-state index contributed by atoms with van der Waals surface area (Å²) >= 11 is 1.67. The van der Waals surface area contributed by atoms with E-state index in [2.05, 4.69) is 49.0 Å². The molecule has 0 aromatic carbocycles. The first-order valence-electron chi connectivity index (χ1n) is 8.60. The molecule has 0 aliphatic heterocycles. The topological polar surface area (TPSA) is 24.1 Å². The highest BCUT2D eigenvalue weighted by atomic mass is 32.2. The van der Waals surface area contributed by atoms with Gasteiger partial charge in [-0.2, -0.15) is 13.2 Å². The second-order valence-electron chi connectivity index (χ2n) is 7.34. The lowest BCUT2D eigenvalue weighted by atomic mass is 10.1. The lowest BCUT2D eigenvalue weighted by Crippen LogP contribution is -2.22. The largest absolute Gasteiger partial charge is 0.412 e. The number of hydrogen-bond acceptors (Lipinski definition) is 3. The van der Waals surface area contributed by atoms with Gasteiger partial charge in [0, 0.05) is 35.0 Å². The SMILES string of the molecule is C/C(=C\C=C(/C)C(F)(F)F)CNCC1C=CC=C(NSC(C)(C)C)C=C1. The Bertz CT molecular complexity index is 606. The van der Waals surface area contributed by atoms with Crippen LogP contribution in [0.3, 0.4) is 0 Å². The molecule has 1 rings (SSSR count). The maximum Gasteiger partial charge on any atom is 0.412 e. The molecule has 0 saturated carbocycles. The molecule has 1 atom stereocenters. The maximum absolute atomic E-state index is 12.4. The number of hydrogen-bond donors (Lipinski definition) is 2. The molecule has 1 aliphatic carbocycles. The van der Waals surface area contributed by atoms with Crippen molar-refractivity contribution in [2.45, 2.75) is 45.5 Å². The molecule has 0 spiro atoms. The van der Waals surface area contributed by atoms with E-state index in [-0.39, 0.29) is 10.7 Å². The Labute approximate surface area is 159 Å². The molecule has 0 amide bonds. The Kier molecular flexibility index (Phi) is 8.77. The van der Waals surface area contributed by atoms with Gasteiger partial charge in [-0.1, -0.05) is 36.0 Å². The Balaban J connectivity index is 2.43. The van der Waals surface area contributed by atoms with Gasteiger partial charge in [-0.25, -0.2) is 0 Å². The molecule has 146 valence electrons. The van der Waals surface area contributed by atoms with Crippen molar-refractivity contribution in [2.24, 2.45) is 5.92 Å². The zero-order valence-corrected chi connectivity index (χ0v) is 16.9. The third-order valence-electron chi connectivity index (χ3n) is 3.48. The van der Waals surface area contributed by atoms with Gasteiger partial charge in [0.1, 0.15) is 0 Å². The molecule has 1 aliphatic rings. The first-order chi connectivity index (χ1) is 12.0. The normalized spacial score (nSPS) is 19.4. The number of allylic oxidation sites excluding steroid dienone is 6. The Morgan fingerprint density at radius 3 is 2.46 bits per heavy atom. The number of rotatable bonds is 7. The van der Waals surface area contributed by atoms with Gasteiger partial charge in [-0.05, 0) is 58.7 Å². The third-order valence-corrected chi connectivity index (χ3v) is 4.43. The van der Waals surface area contributed by atoms with Crippen LogP contribution in [-0.2, 0) is 0 Å². The second-order valence-corrected chi connectivity index (χ2v) is 8.97. The van der Waals surface area contributed by atoms with E-state index < -0.39 is 11.7 Å². The van der Waals surface area contributed by atoms with E-state index in [0.717, 1.165) is 30.8 Å². The molecule has 0 aromatic rings. The summed E-state index contributed by atoms with van der Waals surface area (Å²) in [6.07, 6.45) is 8.71. The smallest absolute Gasteiger partial charge is 0.329 e. The molecule has 0 saturated heterocycles. The van der Waals surface area contributed by atoms with Crippen LogP contribution in [0.25, 0.3) is 0 Å². The van der Waals surface area contributed by atoms with Crippen molar-refractivity contribution in [3.05, 3.63) is 59.4 Å². The highest BCUT2D eigenvalue weighted by molar-refractivity contribution is 7.98. The van der Waals surface area contributed by atoms with Gasteiger partial charge in [0.05, 0.1) is 0 Å². The van der Waals surface area contributed by atoms with Gasteiger partial charge < -0.3 is 10.0 Å². The van der Waals surface area contributed by atoms with Crippen molar-refractivity contribution in [1.82, 2.24) is 10.0 Å². The average Bonchev–Trinajstić information content (AvgIpc) is 2.74. The minimum atomic E-state index is -4.26. The van der Waals surface area contributed by atoms with E-state index in [1.165, 1.54) is 6.08 Å². The van der Waals surface area contributed by atoms with Gasteiger partial charge >= 0.3 is 6.18 Å². The van der Waals surface area contributed by atoms with Gasteiger partial charge in [0.15, 0.2) is 0 Å². The minimum absolute atomic E-state index is 0.133. The van der Waals surface area contributed by atoms with E-state index in [0.29, 0.717) is 6.54 Å². The molecule has 0 heterocycles. The monoisotopic (exact) mass is 386 g/mol. The molecule has 26 heavy (non-hydrogen) atoms. The molecule has 2 nitrogen and oxygen atoms in total. The van der Waals surface area contributed by atoms with Crippen LogP contribution in [0.15, 0.2) is 59.4 Å². The molecule has 0 aromatic heterocycles. The first kappa shape index (κ1) is 22.6. The quantitative estimate of drug-likeness (QED) is 0.434. The van der Waals surface area contributed by atoms with Crippen LogP contribution in [0.2, 0.25) is 0 Å². The summed E-state index contributed by atoms with van der Waals surface area (Å²) in [4.78, 5) is 0. The van der Waals surface area contributed by atoms with Gasteiger partial charge in [-0.3, -0.25) is 0 Å². The van der Waals surface area contributed by atoms with Gasteiger partial charge in [0.25, 0.3) is 0 Å². The molecular weight excluding hydrogens is 357 g/mol. The summed E-state index contributed by atoms with van der Waals surface area (Å²) in [6, 6.07) is 0. The highest BCUT2D eigenvalue weighted by Crippen LogP contribution is 2.25. The van der Waals surface area contributed by atoms with Crippen molar-refractivity contribution in [3.63, 3.8) is 0 Å². The number of alkyl halides is 3. The van der Waals surface area contributed by atoms with Crippen molar-refractivity contribution < 1.29 is 13.2 Å². The summed E-state index contributed by atoms with van der Waals surface area (Å²) in [6.45, 7) is 10.6. The van der Waals surface area contributed by atoms with Crippen molar-refractivity contribution in [1.29, 1.82) is 0 Å². The van der Waals surface area contributed by atoms with E-state index in [4.69, 9.17) is 0 Å². The van der Waals surface area contributed by atoms with E-state index in [9.17, 15) is 13.2 Å². The maximum atomic E-state index is 12.4. The first-order valence-corrected chi connectivity index (χ1v) is 9.42. The fourth-order valence-corrected chi connectivity index (χ4v) is 2.48. The van der Waals surface area contributed by atoms with Crippen LogP contribution in [0.5, 0.6) is 0 Å². The molecule has 0 fully saturated rings. The van der Waals surface area contributed by atoms with Crippen LogP contribution >= 0.6 is 11.9 Å². The summed E-state index contributed by atoms with van der Waals surface area (Å²) < 4.78 is 40.8. The lowest BCUT2D eigenvalue weighted by Gasteiger charge is -2.18. The fraction of sp³-hybridized carbons (Fsp3) is 0.500. The van der Waals surface area contributed by atoms with Crippen molar-refractivity contribution in [2.75, 3.05) is 13.1 Å². The van der Waals surface area contributed by atoms with E-state index in [1.807, 2.05) is 19.1 Å². The molecule has 0 radical (unpaired) electrons. The Morgan fingerprint density at radius 1 is 1.15 bits per heavy atom. The van der Waals surface area contributed by atoms with Crippen LogP contribution in [0.1, 0.15) is 34.6 Å². The Morgan fingerprint density at radius 2 is 1.85 bits per heavy atom. The average molecular weight is 387 g/mol. The predicted octanol–water partition coefficient (Wildman–Crippen LogP) is 5.69. The van der Waals surface area contributed by atoms with Crippen LogP contribution in [0.4, 0.5) is 13.2 Å². The van der Waals surface area contributed by atoms with E-state index >= 15 is 0 Å². The van der Waals surface area contributed by atoms with Crippen LogP contribution < -0.4 is 10.0 Å². The Hall–Kier alpha value is -1.40. The summed E-state index contributed by atoms with van der Waals surface area (Å²) in [5, 5.41) is 3.29. The molecule has 0 bridgehead atoms. The molecule has 2 N–H and O–H groups in total. The molecule has 6 heteroatoms. The summed E-state index contributed by atoms with van der Waals surface area (Å²) in [5.74, 6) is 0.241. The van der Waals surface area contributed by atoms with E-state index in [1.54, 1.807) is 11.9 Å². The second kappa shape index (κ2) is 10.1. The standard InChI is InChI=1S/C20H29F3N2S/c1-15(9-10-16(2)20(21,22)23)13-24-14-17-7-6-8-18(12-11-17)25-26-19(3,4)5/h6-12,17,24-25H,13-14H2,1-5H3/b15-9+,16-10+. The number of halogens is 3. The highest BCUT2D eigenvalue weighted by Gasteiger charge is 2.29. The third kappa shape index (κ3) is 9.92. The van der Waals surface area contributed by atoms with Crippen molar-refractivity contribution in [3.8, 4) is 0 Å². The predicted molar refractivity (Wildman–Crippen MR) is 107 cm³/mol. The summed E-state index contributed by atoms with van der Waals surface area (Å²) in [7, 11) is 0. The lowest BCUT2D eigenvalue weighted by molar-refractivity contribution is -0.0913. The zero-order chi connectivity index (χ0) is 19.8. The molecule has 1 unspecified atom stereocenters. The zero-order valence-electron chi connectivity index (χ0n) is 16.1. The fourth-order valence-electron chi connectivity index (χ4n) is 1.92. The number of nitrogens with one attached hydrogen (secondary N) is 2.